The molecule has 6 nitrogen and oxygen atoms in total. The predicted molar refractivity (Wildman–Crippen MR) is 82.3 cm³/mol. The lowest BCUT2D eigenvalue weighted by Crippen LogP contribution is -2.14. The second-order valence-electron chi connectivity index (χ2n) is 4.80. The molecule has 0 bridgehead atoms. The molecule has 0 spiro atoms. The van der Waals surface area contributed by atoms with Crippen LogP contribution in [0.1, 0.15) is 0 Å². The van der Waals surface area contributed by atoms with Gasteiger partial charge < -0.3 is 0 Å². The van der Waals surface area contributed by atoms with Gasteiger partial charge >= 0.3 is 0 Å². The molecule has 4 rings (SSSR count). The fourth-order valence-electron chi connectivity index (χ4n) is 2.31. The van der Waals surface area contributed by atoms with Crippen LogP contribution in [0, 0.1) is 0 Å². The number of hydrogen-bond acceptors (Lipinski definition) is 4. The Morgan fingerprint density at radius 3 is 2.73 bits per heavy atom. The molecule has 0 aromatic carbocycles. The molecule has 4 aromatic rings. The molecule has 6 heteroatoms. The minimum atomic E-state index is -0.180. The molecule has 0 saturated heterocycles. The number of hydrogen-bond donors (Lipinski definition) is 1. The second-order valence-corrected chi connectivity index (χ2v) is 4.80. The lowest BCUT2D eigenvalue weighted by molar-refractivity contribution is 0.903. The summed E-state index contributed by atoms with van der Waals surface area (Å²) in [5.74, 6) is 0. The van der Waals surface area contributed by atoms with Crippen molar-refractivity contribution in [2.45, 2.75) is 0 Å². The average molecular weight is 289 g/mol. The summed E-state index contributed by atoms with van der Waals surface area (Å²) in [5.41, 5.74) is 3.28. The van der Waals surface area contributed by atoms with Crippen molar-refractivity contribution in [3.63, 3.8) is 0 Å². The van der Waals surface area contributed by atoms with E-state index in [9.17, 15) is 4.79 Å². The Hall–Kier alpha value is -3.28. The van der Waals surface area contributed by atoms with E-state index in [1.54, 1.807) is 18.6 Å². The largest absolute Gasteiger partial charge is 0.289 e. The van der Waals surface area contributed by atoms with Crippen LogP contribution in [0.3, 0.4) is 0 Å². The van der Waals surface area contributed by atoms with Crippen LogP contribution in [0.5, 0.6) is 0 Å². The van der Waals surface area contributed by atoms with Crippen molar-refractivity contribution in [1.82, 2.24) is 24.6 Å². The fourth-order valence-corrected chi connectivity index (χ4v) is 2.31. The topological polar surface area (TPSA) is 75.9 Å². The van der Waals surface area contributed by atoms with Gasteiger partial charge in [-0.3, -0.25) is 19.9 Å². The monoisotopic (exact) mass is 289 g/mol. The van der Waals surface area contributed by atoms with Gasteiger partial charge in [0.1, 0.15) is 0 Å². The summed E-state index contributed by atoms with van der Waals surface area (Å²) in [6.45, 7) is 0. The molecule has 4 heterocycles. The van der Waals surface area contributed by atoms with Crippen molar-refractivity contribution in [1.29, 1.82) is 0 Å². The lowest BCUT2D eigenvalue weighted by Gasteiger charge is -1.99. The van der Waals surface area contributed by atoms with Crippen LogP contribution in [0.25, 0.3) is 28.3 Å². The van der Waals surface area contributed by atoms with Gasteiger partial charge in [0.2, 0.25) is 0 Å². The Morgan fingerprint density at radius 1 is 1.00 bits per heavy atom. The van der Waals surface area contributed by atoms with Gasteiger partial charge in [0, 0.05) is 36.3 Å². The third-order valence-corrected chi connectivity index (χ3v) is 3.35. The predicted octanol–water partition coefficient (Wildman–Crippen LogP) is 2.15. The van der Waals surface area contributed by atoms with Crippen LogP contribution in [0.4, 0.5) is 0 Å². The fraction of sp³-hybridized carbons (Fsp3) is 0. The smallest absolute Gasteiger partial charge is 0.273 e. The van der Waals surface area contributed by atoms with Crippen LogP contribution >= 0.6 is 0 Å². The van der Waals surface area contributed by atoms with Gasteiger partial charge in [-0.1, -0.05) is 6.07 Å². The van der Waals surface area contributed by atoms with E-state index in [0.29, 0.717) is 17.0 Å². The van der Waals surface area contributed by atoms with Crippen molar-refractivity contribution in [2.24, 2.45) is 0 Å². The summed E-state index contributed by atoms with van der Waals surface area (Å²) in [6.07, 6.45) is 5.11. The van der Waals surface area contributed by atoms with Crippen molar-refractivity contribution in [3.05, 3.63) is 71.4 Å². The highest BCUT2D eigenvalue weighted by atomic mass is 16.1. The molecule has 22 heavy (non-hydrogen) atoms. The molecule has 106 valence electrons. The molecular formula is C16H11N5O. The number of nitrogens with zero attached hydrogens (tertiary/aromatic N) is 4. The Kier molecular flexibility index (Phi) is 2.79. The third-order valence-electron chi connectivity index (χ3n) is 3.35. The average Bonchev–Trinajstić information content (AvgIpc) is 3.01. The first-order valence-electron chi connectivity index (χ1n) is 6.76. The second kappa shape index (κ2) is 4.92. The Bertz CT molecular complexity index is 989. The SMILES string of the molecule is O=c1cc(-c2ccccn2)nc2cc(-c3cccnc3)[nH]n12. The molecular weight excluding hydrogens is 278 g/mol. The van der Waals surface area contributed by atoms with Gasteiger partial charge in [0.25, 0.3) is 5.56 Å². The van der Waals surface area contributed by atoms with Crippen LogP contribution in [0.15, 0.2) is 65.8 Å². The van der Waals surface area contributed by atoms with Crippen LogP contribution in [-0.4, -0.2) is 24.6 Å². The summed E-state index contributed by atoms with van der Waals surface area (Å²) in [6, 6.07) is 12.6. The van der Waals surface area contributed by atoms with Crippen molar-refractivity contribution in [2.75, 3.05) is 0 Å². The lowest BCUT2D eigenvalue weighted by atomic mass is 10.2. The number of pyridine rings is 2. The zero-order valence-corrected chi connectivity index (χ0v) is 11.5. The first-order valence-corrected chi connectivity index (χ1v) is 6.76. The van der Waals surface area contributed by atoms with Crippen LogP contribution in [0.2, 0.25) is 0 Å². The van der Waals surface area contributed by atoms with Gasteiger partial charge in [-0.25, -0.2) is 9.50 Å². The maximum atomic E-state index is 12.3. The minimum absolute atomic E-state index is 0.180. The number of aromatic amines is 1. The summed E-state index contributed by atoms with van der Waals surface area (Å²) in [4.78, 5) is 25.1. The minimum Gasteiger partial charge on any atom is -0.289 e. The third kappa shape index (κ3) is 2.07. The highest BCUT2D eigenvalue weighted by molar-refractivity contribution is 5.65. The Morgan fingerprint density at radius 2 is 1.95 bits per heavy atom. The molecule has 0 fully saturated rings. The van der Waals surface area contributed by atoms with E-state index >= 15 is 0 Å². The Labute approximate surface area is 125 Å². The quantitative estimate of drug-likeness (QED) is 0.613. The summed E-state index contributed by atoms with van der Waals surface area (Å²) >= 11 is 0. The molecule has 0 atom stereocenters. The summed E-state index contributed by atoms with van der Waals surface area (Å²) < 4.78 is 1.41. The molecule has 0 unspecified atom stereocenters. The van der Waals surface area contributed by atoms with E-state index < -0.39 is 0 Å². The number of aromatic nitrogens is 5. The van der Waals surface area contributed by atoms with Crippen molar-refractivity contribution >= 4 is 5.65 Å². The van der Waals surface area contributed by atoms with E-state index in [-0.39, 0.29) is 5.56 Å². The van der Waals surface area contributed by atoms with Crippen LogP contribution < -0.4 is 5.56 Å². The maximum absolute atomic E-state index is 12.3. The van der Waals surface area contributed by atoms with E-state index in [1.165, 1.54) is 10.6 Å². The summed E-state index contributed by atoms with van der Waals surface area (Å²) in [5, 5.41) is 3.04. The summed E-state index contributed by atoms with van der Waals surface area (Å²) in [7, 11) is 0. The highest BCUT2D eigenvalue weighted by Gasteiger charge is 2.09. The van der Waals surface area contributed by atoms with Gasteiger partial charge in [-0.2, -0.15) is 0 Å². The first kappa shape index (κ1) is 12.5. The molecule has 0 aliphatic carbocycles. The molecule has 0 aliphatic heterocycles. The number of H-pyrrole nitrogens is 1. The van der Waals surface area contributed by atoms with E-state index in [2.05, 4.69) is 20.1 Å². The highest BCUT2D eigenvalue weighted by Crippen LogP contribution is 2.18. The zero-order chi connectivity index (χ0) is 14.9. The number of fused-ring (bicyclic) bond motifs is 1. The van der Waals surface area contributed by atoms with Gasteiger partial charge in [0.15, 0.2) is 5.65 Å². The number of nitrogens with one attached hydrogen (secondary N) is 1. The van der Waals surface area contributed by atoms with Crippen molar-refractivity contribution in [3.8, 4) is 22.6 Å². The molecule has 0 aliphatic rings. The molecule has 0 amide bonds. The molecule has 0 saturated carbocycles. The van der Waals surface area contributed by atoms with E-state index in [4.69, 9.17) is 0 Å². The van der Waals surface area contributed by atoms with Gasteiger partial charge in [0.05, 0.1) is 17.1 Å². The standard InChI is InChI=1S/C16H11N5O/c22-16-9-14(12-5-1-2-7-18-12)19-15-8-13(20-21(15)16)11-4-3-6-17-10-11/h1-10,20H. The molecule has 0 radical (unpaired) electrons. The van der Waals surface area contributed by atoms with Gasteiger partial charge in [-0.15, -0.1) is 0 Å². The Balaban J connectivity index is 1.91. The van der Waals surface area contributed by atoms with Crippen molar-refractivity contribution < 1.29 is 0 Å². The maximum Gasteiger partial charge on any atom is 0.273 e. The first-order chi connectivity index (χ1) is 10.8. The van der Waals surface area contributed by atoms with E-state index in [1.807, 2.05) is 36.4 Å². The zero-order valence-electron chi connectivity index (χ0n) is 11.5. The van der Waals surface area contributed by atoms with E-state index in [0.717, 1.165) is 11.3 Å². The normalized spacial score (nSPS) is 10.9. The van der Waals surface area contributed by atoms with Gasteiger partial charge in [-0.05, 0) is 24.3 Å². The number of rotatable bonds is 2. The van der Waals surface area contributed by atoms with Crippen LogP contribution in [-0.2, 0) is 0 Å². The molecule has 4 aromatic heterocycles. The molecule has 1 N–H and O–H groups in total.